The molecule has 3 aliphatic heterocycles. The number of aliphatic carboxylic acids is 6. The van der Waals surface area contributed by atoms with Gasteiger partial charge in [0.15, 0.2) is 27.9 Å². The first-order chi connectivity index (χ1) is 42.3. The van der Waals surface area contributed by atoms with Gasteiger partial charge in [-0.2, -0.15) is 0 Å². The first-order valence-electron chi connectivity index (χ1n) is 33.5. The molecule has 0 saturated carbocycles. The molecular formula is C71H107F2N3O12. The number of rotatable bonds is 38. The monoisotopic (exact) mass is 1230 g/mol. The zero-order valence-corrected chi connectivity index (χ0v) is 53.5. The number of carboxylic acids is 6. The molecule has 492 valence electrons. The van der Waals surface area contributed by atoms with Crippen molar-refractivity contribution in [2.75, 3.05) is 39.3 Å². The van der Waals surface area contributed by atoms with Crippen LogP contribution in [0.4, 0.5) is 8.78 Å². The molecular weight excluding hydrogens is 1120 g/mol. The van der Waals surface area contributed by atoms with E-state index < -0.39 is 63.7 Å². The number of aryl methyl sites for hydroxylation is 3. The highest BCUT2D eigenvalue weighted by molar-refractivity contribution is 5.99. The summed E-state index contributed by atoms with van der Waals surface area (Å²) in [6.45, 7) is 10.7. The molecule has 6 N–H and O–H groups in total. The van der Waals surface area contributed by atoms with Crippen LogP contribution in [0.25, 0.3) is 0 Å². The molecule has 0 aromatic heterocycles. The van der Waals surface area contributed by atoms with Crippen LogP contribution >= 0.6 is 0 Å². The third-order valence-corrected chi connectivity index (χ3v) is 18.8. The summed E-state index contributed by atoms with van der Waals surface area (Å²) < 4.78 is 29.1. The Labute approximate surface area is 523 Å². The van der Waals surface area contributed by atoms with Gasteiger partial charge in [-0.25, -0.2) is 8.78 Å². The van der Waals surface area contributed by atoms with Gasteiger partial charge in [-0.05, 0) is 105 Å². The van der Waals surface area contributed by atoms with Crippen molar-refractivity contribution in [1.82, 2.24) is 14.7 Å². The topological polar surface area (TPSA) is 234 Å². The van der Waals surface area contributed by atoms with Crippen LogP contribution in [0.1, 0.15) is 240 Å². The van der Waals surface area contributed by atoms with Crippen molar-refractivity contribution in [2.45, 2.75) is 246 Å². The van der Waals surface area contributed by atoms with E-state index in [1.54, 1.807) is 17.0 Å². The van der Waals surface area contributed by atoms with E-state index in [0.717, 1.165) is 45.2 Å². The average Bonchev–Trinajstić information content (AvgIpc) is 3.68. The minimum atomic E-state index is -1.79. The summed E-state index contributed by atoms with van der Waals surface area (Å²) in [6.07, 6.45) is 32.4. The smallest absolute Gasteiger partial charge is 0.321 e. The lowest BCUT2D eigenvalue weighted by Gasteiger charge is -2.36. The first kappa shape index (κ1) is 74.7. The molecule has 0 radical (unpaired) electrons. The van der Waals surface area contributed by atoms with Gasteiger partial charge in [-0.1, -0.05) is 210 Å². The van der Waals surface area contributed by atoms with E-state index in [2.05, 4.69) is 79.1 Å². The molecule has 0 bridgehead atoms. The van der Waals surface area contributed by atoms with Crippen molar-refractivity contribution < 1.29 is 68.2 Å². The molecule has 3 saturated heterocycles. The van der Waals surface area contributed by atoms with Gasteiger partial charge in [-0.15, -0.1) is 0 Å². The van der Waals surface area contributed by atoms with Gasteiger partial charge < -0.3 is 30.6 Å². The van der Waals surface area contributed by atoms with Crippen LogP contribution in [-0.2, 0) is 67.7 Å². The Morgan fingerprint density at radius 3 is 0.830 bits per heavy atom. The predicted octanol–water partition coefficient (Wildman–Crippen LogP) is 15.3. The number of likely N-dealkylation sites (tertiary alicyclic amines) is 3. The molecule has 3 aromatic rings. The lowest BCUT2D eigenvalue weighted by molar-refractivity contribution is -0.170. The highest BCUT2D eigenvalue weighted by Gasteiger charge is 2.50. The van der Waals surface area contributed by atoms with E-state index in [4.69, 9.17) is 0 Å². The largest absolute Gasteiger partial charge is 0.480 e. The van der Waals surface area contributed by atoms with Crippen LogP contribution in [0.5, 0.6) is 0 Å². The Morgan fingerprint density at radius 2 is 0.545 bits per heavy atom. The number of carbonyl (C=O) groups is 6. The number of halogens is 2. The molecule has 6 rings (SSSR count). The van der Waals surface area contributed by atoms with Crippen LogP contribution in [0.3, 0.4) is 0 Å². The van der Waals surface area contributed by atoms with Gasteiger partial charge in [-0.3, -0.25) is 43.5 Å². The first-order valence-corrected chi connectivity index (χ1v) is 33.5. The molecule has 3 aliphatic rings. The van der Waals surface area contributed by atoms with E-state index in [1.165, 1.54) is 151 Å². The molecule has 3 heterocycles. The Bertz CT molecular complexity index is 2510. The third kappa shape index (κ3) is 24.2. The lowest BCUT2D eigenvalue weighted by Crippen LogP contribution is -2.48. The second kappa shape index (κ2) is 40.1. The molecule has 0 spiro atoms. The highest BCUT2D eigenvalue weighted by Crippen LogP contribution is 2.36. The molecule has 3 fully saturated rings. The zero-order chi connectivity index (χ0) is 64.4. The van der Waals surface area contributed by atoms with Gasteiger partial charge in [0.1, 0.15) is 0 Å². The minimum absolute atomic E-state index is 0.0572. The second-order valence-corrected chi connectivity index (χ2v) is 25.4. The van der Waals surface area contributed by atoms with Crippen molar-refractivity contribution in [3.05, 3.63) is 106 Å². The molecule has 88 heavy (non-hydrogen) atoms. The van der Waals surface area contributed by atoms with Crippen molar-refractivity contribution in [1.29, 1.82) is 0 Å². The van der Waals surface area contributed by atoms with Gasteiger partial charge in [0.2, 0.25) is 0 Å². The van der Waals surface area contributed by atoms with Crippen molar-refractivity contribution in [3.63, 3.8) is 0 Å². The molecule has 3 aromatic carbocycles. The van der Waals surface area contributed by atoms with Crippen molar-refractivity contribution in [3.8, 4) is 0 Å². The average molecular weight is 1230 g/mol. The van der Waals surface area contributed by atoms with Crippen LogP contribution in [0.2, 0.25) is 0 Å². The molecule has 0 atom stereocenters. The summed E-state index contributed by atoms with van der Waals surface area (Å²) in [5.74, 6) is -9.20. The lowest BCUT2D eigenvalue weighted by atomic mass is 9.78. The van der Waals surface area contributed by atoms with Crippen molar-refractivity contribution >= 4 is 35.8 Å². The molecule has 0 aliphatic carbocycles. The number of hydrogen-bond acceptors (Lipinski definition) is 9. The zero-order valence-electron chi connectivity index (χ0n) is 53.5. The quantitative estimate of drug-likeness (QED) is 0.0231. The second-order valence-electron chi connectivity index (χ2n) is 25.4. The molecule has 0 amide bonds. The van der Waals surface area contributed by atoms with Gasteiger partial charge in [0, 0.05) is 64.5 Å². The number of benzene rings is 3. The van der Waals surface area contributed by atoms with Gasteiger partial charge in [0.25, 0.3) is 0 Å². The number of unbranched alkanes of at least 4 members (excludes halogenated alkanes) is 20. The fourth-order valence-corrected chi connectivity index (χ4v) is 12.4. The van der Waals surface area contributed by atoms with Crippen LogP contribution < -0.4 is 0 Å². The molecule has 15 nitrogen and oxygen atoms in total. The standard InChI is InChI=1S/C24H35F2NO4.C24H37NO4.C23H35NO4/c1-2-3-4-5-6-7-8-9-10-18-11-12-19(21(26)20(18)25)17-27-15-13-24(14-16-27,22(28)29)23(30)31;1-2-3-4-5-6-7-8-9-10-20-11-13-21(14-12-20)19-25-17-15-24(16-18-25,22(26)27)23(28)29;1-2-3-4-5-6-7-8-9-19-10-12-20(13-11-19)18-24-16-14-23(15-17-24,21(25)26)22(27)28/h11-12H,2-10,13-17H2,1H3,(H,28,29)(H,30,31);11-14H,2-10,15-19H2,1H3,(H,26,27)(H,28,29);10-13H,2-9,14-18H2,1H3,(H,25,26)(H,27,28). The highest BCUT2D eigenvalue weighted by atomic mass is 19.2. The Balaban J connectivity index is 0.000000283. The summed E-state index contributed by atoms with van der Waals surface area (Å²) in [7, 11) is 0. The predicted molar refractivity (Wildman–Crippen MR) is 340 cm³/mol. The summed E-state index contributed by atoms with van der Waals surface area (Å²) in [4.78, 5) is 74.5. The molecule has 17 heteroatoms. The van der Waals surface area contributed by atoms with Crippen LogP contribution in [0.15, 0.2) is 60.7 Å². The number of hydrogen-bond donors (Lipinski definition) is 6. The third-order valence-electron chi connectivity index (χ3n) is 18.8. The van der Waals surface area contributed by atoms with Crippen molar-refractivity contribution in [2.24, 2.45) is 16.2 Å². The number of carboxylic acid groups (broad SMARTS) is 6. The van der Waals surface area contributed by atoms with Crippen LogP contribution in [-0.4, -0.2) is 120 Å². The summed E-state index contributed by atoms with van der Waals surface area (Å²) in [5.41, 5.74) is 0.718. The maximum atomic E-state index is 14.6. The maximum Gasteiger partial charge on any atom is 0.321 e. The SMILES string of the molecule is CCCCCCCCCCc1ccc(CN2CCC(C(=O)O)(C(=O)O)CC2)c(F)c1F.CCCCCCCCCCc1ccc(CN2CCC(C(=O)O)(C(=O)O)CC2)cc1.CCCCCCCCCc1ccc(CN2CCC(C(=O)O)(C(=O)O)CC2)cc1. The summed E-state index contributed by atoms with van der Waals surface area (Å²) >= 11 is 0. The normalized spacial score (nSPS) is 16.6. The van der Waals surface area contributed by atoms with Gasteiger partial charge in [0.05, 0.1) is 0 Å². The minimum Gasteiger partial charge on any atom is -0.480 e. The summed E-state index contributed by atoms with van der Waals surface area (Å²) in [6, 6.07) is 20.6. The number of nitrogens with zero attached hydrogens (tertiary/aromatic N) is 3. The Kier molecular flexibility index (Phi) is 34.0. The number of piperidine rings is 3. The van der Waals surface area contributed by atoms with E-state index >= 15 is 0 Å². The fourth-order valence-electron chi connectivity index (χ4n) is 12.4. The Hall–Kier alpha value is -5.78. The fraction of sp³-hybridized carbons (Fsp3) is 0.662. The van der Waals surface area contributed by atoms with Gasteiger partial charge >= 0.3 is 35.8 Å². The van der Waals surface area contributed by atoms with Crippen LogP contribution in [0, 0.1) is 27.9 Å². The van der Waals surface area contributed by atoms with E-state index in [9.17, 15) is 68.2 Å². The van der Waals surface area contributed by atoms with E-state index in [1.807, 2.05) is 0 Å². The Morgan fingerprint density at radius 1 is 0.318 bits per heavy atom. The summed E-state index contributed by atoms with van der Waals surface area (Å²) in [5, 5.41) is 55.8. The van der Waals surface area contributed by atoms with E-state index in [0.29, 0.717) is 38.2 Å². The maximum absolute atomic E-state index is 14.6. The molecule has 0 unspecified atom stereocenters. The van der Waals surface area contributed by atoms with E-state index in [-0.39, 0.29) is 63.7 Å².